The van der Waals surface area contributed by atoms with Crippen LogP contribution in [0, 0.1) is 12.8 Å². The van der Waals surface area contributed by atoms with Crippen LogP contribution in [0.5, 0.6) is 0 Å². The van der Waals surface area contributed by atoms with Crippen LogP contribution in [0.4, 0.5) is 0 Å². The van der Waals surface area contributed by atoms with Crippen molar-refractivity contribution in [3.8, 4) is 0 Å². The minimum absolute atomic E-state index is 0.762. The Bertz CT molecular complexity index is 35.2. The second-order valence-corrected chi connectivity index (χ2v) is 2.35. The van der Waals surface area contributed by atoms with Crippen LogP contribution in [-0.2, 0) is 0 Å². The average Bonchev–Trinajstić information content (AvgIpc) is 1.68. The van der Waals surface area contributed by atoms with Crippen LogP contribution in [0.25, 0.3) is 0 Å². The minimum atomic E-state index is 0.762. The number of rotatable bonds is 3. The van der Waals surface area contributed by atoms with Gasteiger partial charge < -0.3 is 0 Å². The maximum Gasteiger partial charge on any atom is -0.00954 e. The Hall–Kier alpha value is 0.350. The minimum Gasteiger partial charge on any atom is -0.179 e. The second kappa shape index (κ2) is 4.51. The Kier molecular flexibility index (Phi) is 4.73. The molecule has 0 N–H and O–H groups in total. The van der Waals surface area contributed by atoms with E-state index in [0.717, 1.165) is 18.1 Å². The van der Waals surface area contributed by atoms with Crippen LogP contribution in [0.1, 0.15) is 19.8 Å². The van der Waals surface area contributed by atoms with E-state index in [1.54, 1.807) is 0 Å². The summed E-state index contributed by atoms with van der Waals surface area (Å²) in [6.45, 7) is 5.97. The summed E-state index contributed by atoms with van der Waals surface area (Å²) in [7, 11) is 0. The van der Waals surface area contributed by atoms with Crippen molar-refractivity contribution in [3.63, 3.8) is 0 Å². The average molecular weight is 117 g/mol. The van der Waals surface area contributed by atoms with Crippen LogP contribution >= 0.6 is 12.6 Å². The van der Waals surface area contributed by atoms with Crippen molar-refractivity contribution >= 4 is 12.6 Å². The van der Waals surface area contributed by atoms with Gasteiger partial charge in [0.1, 0.15) is 0 Å². The van der Waals surface area contributed by atoms with E-state index in [4.69, 9.17) is 0 Å². The summed E-state index contributed by atoms with van der Waals surface area (Å²) in [5.74, 6) is 1.76. The standard InChI is InChI=1S/C6H13S/c1-3-6(2)4-5-7/h6-7H,1,3-5H2,2H3. The van der Waals surface area contributed by atoms with Gasteiger partial charge in [-0.15, -0.1) is 0 Å². The lowest BCUT2D eigenvalue weighted by Crippen LogP contribution is -1.91. The Balaban J connectivity index is 2.83. The van der Waals surface area contributed by atoms with Gasteiger partial charge in [-0.1, -0.05) is 20.3 Å². The molecule has 0 bridgehead atoms. The van der Waals surface area contributed by atoms with Crippen molar-refractivity contribution < 1.29 is 0 Å². The van der Waals surface area contributed by atoms with E-state index in [-0.39, 0.29) is 0 Å². The first-order valence-electron chi connectivity index (χ1n) is 2.71. The zero-order valence-corrected chi connectivity index (χ0v) is 5.75. The Morgan fingerprint density at radius 2 is 2.29 bits per heavy atom. The number of hydrogen-bond acceptors (Lipinski definition) is 1. The van der Waals surface area contributed by atoms with Crippen molar-refractivity contribution in [1.29, 1.82) is 0 Å². The summed E-state index contributed by atoms with van der Waals surface area (Å²) >= 11 is 4.09. The summed E-state index contributed by atoms with van der Waals surface area (Å²) < 4.78 is 0. The molecular formula is C6H13S. The van der Waals surface area contributed by atoms with Gasteiger partial charge in [0, 0.05) is 0 Å². The maximum atomic E-state index is 4.09. The van der Waals surface area contributed by atoms with Crippen molar-refractivity contribution in [2.24, 2.45) is 5.92 Å². The highest BCUT2D eigenvalue weighted by molar-refractivity contribution is 7.80. The van der Waals surface area contributed by atoms with Gasteiger partial charge in [-0.3, -0.25) is 0 Å². The highest BCUT2D eigenvalue weighted by atomic mass is 32.1. The van der Waals surface area contributed by atoms with Crippen molar-refractivity contribution in [1.82, 2.24) is 0 Å². The molecule has 0 aliphatic heterocycles. The first kappa shape index (κ1) is 7.35. The van der Waals surface area contributed by atoms with Gasteiger partial charge in [0.15, 0.2) is 0 Å². The molecule has 0 rings (SSSR count). The number of hydrogen-bond donors (Lipinski definition) is 1. The van der Waals surface area contributed by atoms with Gasteiger partial charge in [-0.25, -0.2) is 0 Å². The van der Waals surface area contributed by atoms with Gasteiger partial charge in [-0.05, 0) is 18.1 Å². The summed E-state index contributed by atoms with van der Waals surface area (Å²) in [6.07, 6.45) is 2.24. The molecule has 1 atom stereocenters. The van der Waals surface area contributed by atoms with E-state index in [1.165, 1.54) is 6.42 Å². The molecule has 0 aromatic carbocycles. The first-order chi connectivity index (χ1) is 3.31. The molecule has 0 saturated heterocycles. The van der Waals surface area contributed by atoms with Crippen LogP contribution in [0.2, 0.25) is 0 Å². The van der Waals surface area contributed by atoms with E-state index < -0.39 is 0 Å². The van der Waals surface area contributed by atoms with Crippen molar-refractivity contribution in [2.75, 3.05) is 5.75 Å². The topological polar surface area (TPSA) is 0 Å². The second-order valence-electron chi connectivity index (χ2n) is 1.91. The predicted molar refractivity (Wildman–Crippen MR) is 37.6 cm³/mol. The quantitative estimate of drug-likeness (QED) is 0.538. The molecule has 0 aliphatic rings. The highest BCUT2D eigenvalue weighted by Crippen LogP contribution is 2.05. The van der Waals surface area contributed by atoms with Crippen LogP contribution in [-0.4, -0.2) is 5.75 Å². The fourth-order valence-electron chi connectivity index (χ4n) is 0.365. The molecule has 0 nitrogen and oxygen atoms in total. The van der Waals surface area contributed by atoms with Gasteiger partial charge in [0.05, 0.1) is 0 Å². The largest absolute Gasteiger partial charge is 0.179 e. The lowest BCUT2D eigenvalue weighted by atomic mass is 10.1. The molecule has 7 heavy (non-hydrogen) atoms. The Morgan fingerprint density at radius 1 is 1.71 bits per heavy atom. The smallest absolute Gasteiger partial charge is 0.00954 e. The molecule has 1 radical (unpaired) electrons. The normalized spacial score (nSPS) is 14.1. The van der Waals surface area contributed by atoms with Gasteiger partial charge in [0.25, 0.3) is 0 Å². The fourth-order valence-corrected chi connectivity index (χ4v) is 0.805. The molecule has 0 aromatic rings. The van der Waals surface area contributed by atoms with Crippen molar-refractivity contribution in [3.05, 3.63) is 6.92 Å². The van der Waals surface area contributed by atoms with Gasteiger partial charge in [-0.2, -0.15) is 12.6 Å². The zero-order valence-electron chi connectivity index (χ0n) is 4.85. The zero-order chi connectivity index (χ0) is 5.70. The first-order valence-corrected chi connectivity index (χ1v) is 3.34. The van der Waals surface area contributed by atoms with E-state index in [2.05, 4.69) is 26.5 Å². The molecular weight excluding hydrogens is 104 g/mol. The Morgan fingerprint density at radius 3 is 2.43 bits per heavy atom. The van der Waals surface area contributed by atoms with Crippen LogP contribution < -0.4 is 0 Å². The third-order valence-electron chi connectivity index (χ3n) is 1.11. The van der Waals surface area contributed by atoms with E-state index in [1.807, 2.05) is 0 Å². The Labute approximate surface area is 51.7 Å². The molecule has 0 aliphatic carbocycles. The van der Waals surface area contributed by atoms with Crippen LogP contribution in [0.15, 0.2) is 0 Å². The van der Waals surface area contributed by atoms with Crippen molar-refractivity contribution in [2.45, 2.75) is 19.8 Å². The molecule has 1 unspecified atom stereocenters. The molecule has 1 heteroatoms. The van der Waals surface area contributed by atoms with E-state index in [0.29, 0.717) is 0 Å². The molecule has 0 amide bonds. The fraction of sp³-hybridized carbons (Fsp3) is 0.833. The monoisotopic (exact) mass is 117 g/mol. The lowest BCUT2D eigenvalue weighted by molar-refractivity contribution is 0.576. The SMILES string of the molecule is [CH2]CC(C)CCS. The van der Waals surface area contributed by atoms with Gasteiger partial charge in [0.2, 0.25) is 0 Å². The highest BCUT2D eigenvalue weighted by Gasteiger charge is 1.93. The molecule has 0 spiro atoms. The summed E-state index contributed by atoms with van der Waals surface area (Å²) in [4.78, 5) is 0. The molecule has 43 valence electrons. The summed E-state index contributed by atoms with van der Waals surface area (Å²) in [5, 5.41) is 0. The summed E-state index contributed by atoms with van der Waals surface area (Å²) in [5.41, 5.74) is 0. The van der Waals surface area contributed by atoms with Crippen LogP contribution in [0.3, 0.4) is 0 Å². The molecule has 0 saturated carbocycles. The van der Waals surface area contributed by atoms with Gasteiger partial charge >= 0.3 is 0 Å². The predicted octanol–water partition coefficient (Wildman–Crippen LogP) is 2.17. The third kappa shape index (κ3) is 4.20. The third-order valence-corrected chi connectivity index (χ3v) is 1.37. The molecule has 0 heterocycles. The lowest BCUT2D eigenvalue weighted by Gasteiger charge is -2.02. The summed E-state index contributed by atoms with van der Waals surface area (Å²) in [6, 6.07) is 0. The number of thiol groups is 1. The molecule has 0 fully saturated rings. The van der Waals surface area contributed by atoms with E-state index in [9.17, 15) is 0 Å². The molecule has 0 aromatic heterocycles. The van der Waals surface area contributed by atoms with E-state index >= 15 is 0 Å². The maximum absolute atomic E-state index is 4.09.